The maximum atomic E-state index is 10.2. The van der Waals surface area contributed by atoms with Crippen molar-refractivity contribution in [2.24, 2.45) is 0 Å². The highest BCUT2D eigenvalue weighted by Gasteiger charge is 2.17. The van der Waals surface area contributed by atoms with Gasteiger partial charge in [0.1, 0.15) is 0 Å². The first-order chi connectivity index (χ1) is 9.25. The van der Waals surface area contributed by atoms with Gasteiger partial charge in [0.25, 0.3) is 0 Å². The third-order valence-corrected chi connectivity index (χ3v) is 3.89. The second-order valence-corrected chi connectivity index (χ2v) is 4.97. The second-order valence-electron chi connectivity index (χ2n) is 4.97. The average molecular weight is 251 g/mol. The van der Waals surface area contributed by atoms with Crippen LogP contribution in [0.4, 0.5) is 5.69 Å². The van der Waals surface area contributed by atoms with Crippen LogP contribution in [0, 0.1) is 0 Å². The molecule has 94 valence electrons. The summed E-state index contributed by atoms with van der Waals surface area (Å²) in [6.07, 6.45) is 0.982. The molecule has 0 fully saturated rings. The van der Waals surface area contributed by atoms with Gasteiger partial charge in [0.05, 0.1) is 0 Å². The van der Waals surface area contributed by atoms with Gasteiger partial charge in [0, 0.05) is 23.0 Å². The number of hydrogen-bond acceptors (Lipinski definition) is 3. The quantitative estimate of drug-likeness (QED) is 0.424. The first-order valence-electron chi connectivity index (χ1n) is 6.39. The second kappa shape index (κ2) is 3.54. The summed E-state index contributed by atoms with van der Waals surface area (Å²) >= 11 is 0. The van der Waals surface area contributed by atoms with E-state index < -0.39 is 0 Å². The highest BCUT2D eigenvalue weighted by Crippen LogP contribution is 2.42. The molecule has 1 aliphatic rings. The number of benzene rings is 3. The zero-order valence-electron chi connectivity index (χ0n) is 10.3. The molecule has 0 aromatic heterocycles. The Morgan fingerprint density at radius 1 is 1.00 bits per heavy atom. The summed E-state index contributed by atoms with van der Waals surface area (Å²) in [5, 5.41) is 27.1. The molecule has 19 heavy (non-hydrogen) atoms. The molecule has 0 spiro atoms. The molecule has 0 saturated carbocycles. The summed E-state index contributed by atoms with van der Waals surface area (Å²) in [5.74, 6) is -0.108. The fraction of sp³-hybridized carbons (Fsp3) is 0.125. The van der Waals surface area contributed by atoms with Crippen LogP contribution in [0.25, 0.3) is 21.5 Å². The molecular weight excluding hydrogens is 238 g/mol. The zero-order chi connectivity index (χ0) is 13.0. The highest BCUT2D eigenvalue weighted by atomic mass is 16.3. The zero-order valence-corrected chi connectivity index (χ0v) is 10.3. The summed E-state index contributed by atoms with van der Waals surface area (Å²) in [5.41, 5.74) is 2.39. The van der Waals surface area contributed by atoms with Gasteiger partial charge in [0.15, 0.2) is 11.5 Å². The van der Waals surface area contributed by atoms with Gasteiger partial charge in [-0.05, 0) is 34.9 Å². The predicted octanol–water partition coefficient (Wildman–Crippen LogP) is 3.37. The molecule has 0 unspecified atom stereocenters. The third-order valence-electron chi connectivity index (χ3n) is 3.89. The molecule has 0 saturated heterocycles. The summed E-state index contributed by atoms with van der Waals surface area (Å²) in [4.78, 5) is 0. The lowest BCUT2D eigenvalue weighted by Crippen LogP contribution is -2.11. The number of fused-ring (bicyclic) bond motifs is 2. The number of phenols is 2. The van der Waals surface area contributed by atoms with E-state index in [1.165, 1.54) is 11.6 Å². The minimum atomic E-state index is -0.0722. The first-order valence-corrected chi connectivity index (χ1v) is 6.39. The fourth-order valence-electron chi connectivity index (χ4n) is 3.03. The number of rotatable bonds is 0. The minimum absolute atomic E-state index is 0.0354. The van der Waals surface area contributed by atoms with Crippen LogP contribution in [0.15, 0.2) is 36.4 Å². The number of anilines is 1. The van der Waals surface area contributed by atoms with Gasteiger partial charge in [-0.3, -0.25) is 0 Å². The van der Waals surface area contributed by atoms with Gasteiger partial charge < -0.3 is 15.5 Å². The lowest BCUT2D eigenvalue weighted by molar-refractivity contribution is 0.408. The van der Waals surface area contributed by atoms with E-state index in [1.54, 1.807) is 0 Å². The molecule has 4 rings (SSSR count). The Bertz CT molecular complexity index is 824. The van der Waals surface area contributed by atoms with Crippen LogP contribution >= 0.6 is 0 Å². The molecule has 0 bridgehead atoms. The minimum Gasteiger partial charge on any atom is -0.504 e. The Balaban J connectivity index is 2.31. The van der Waals surface area contributed by atoms with Crippen LogP contribution in [-0.2, 0) is 6.42 Å². The number of nitrogens with one attached hydrogen (secondary N) is 1. The van der Waals surface area contributed by atoms with E-state index in [2.05, 4.69) is 11.4 Å². The van der Waals surface area contributed by atoms with Crippen molar-refractivity contribution in [3.05, 3.63) is 42.0 Å². The van der Waals surface area contributed by atoms with Crippen LogP contribution in [0.5, 0.6) is 11.5 Å². The Labute approximate surface area is 110 Å². The van der Waals surface area contributed by atoms with Crippen molar-refractivity contribution in [3.63, 3.8) is 0 Å². The Hall–Kier alpha value is -2.42. The first kappa shape index (κ1) is 10.5. The normalized spacial score (nSPS) is 13.7. The van der Waals surface area contributed by atoms with Gasteiger partial charge in [0.2, 0.25) is 0 Å². The van der Waals surface area contributed by atoms with E-state index in [0.29, 0.717) is 0 Å². The smallest absolute Gasteiger partial charge is 0.166 e. The molecule has 0 amide bonds. The fourth-order valence-corrected chi connectivity index (χ4v) is 3.03. The maximum Gasteiger partial charge on any atom is 0.166 e. The SMILES string of the molecule is Oc1ccc2cc3c4c(cccc4c2c1O)CCN3. The predicted molar refractivity (Wildman–Crippen MR) is 77.0 cm³/mol. The Morgan fingerprint density at radius 3 is 2.79 bits per heavy atom. The van der Waals surface area contributed by atoms with Crippen LogP contribution in [0.2, 0.25) is 0 Å². The van der Waals surface area contributed by atoms with Crippen molar-refractivity contribution < 1.29 is 10.2 Å². The molecule has 0 aliphatic carbocycles. The highest BCUT2D eigenvalue weighted by molar-refractivity contribution is 6.17. The van der Waals surface area contributed by atoms with Gasteiger partial charge in [-0.25, -0.2) is 0 Å². The maximum absolute atomic E-state index is 10.2. The lowest BCUT2D eigenvalue weighted by atomic mass is 9.92. The van der Waals surface area contributed by atoms with Crippen LogP contribution in [-0.4, -0.2) is 16.8 Å². The standard InChI is InChI=1S/C16H13NO2/c18-13-5-4-10-8-12-14-9(6-7-17-12)2-1-3-11(14)15(10)16(13)19/h1-5,8,17-19H,6-7H2. The summed E-state index contributed by atoms with van der Waals surface area (Å²) < 4.78 is 0. The van der Waals surface area contributed by atoms with E-state index in [4.69, 9.17) is 0 Å². The number of phenolic OH excluding ortho intramolecular Hbond substituents is 2. The average Bonchev–Trinajstić information content (AvgIpc) is 2.43. The van der Waals surface area contributed by atoms with E-state index in [1.807, 2.05) is 24.3 Å². The summed E-state index contributed by atoms with van der Waals surface area (Å²) in [6, 6.07) is 11.5. The van der Waals surface area contributed by atoms with E-state index in [-0.39, 0.29) is 11.5 Å². The molecular formula is C16H13NO2. The molecule has 3 nitrogen and oxygen atoms in total. The molecule has 3 heteroatoms. The largest absolute Gasteiger partial charge is 0.504 e. The Morgan fingerprint density at radius 2 is 1.89 bits per heavy atom. The summed E-state index contributed by atoms with van der Waals surface area (Å²) in [7, 11) is 0. The van der Waals surface area contributed by atoms with Crippen LogP contribution in [0.1, 0.15) is 5.56 Å². The van der Waals surface area contributed by atoms with E-state index in [0.717, 1.165) is 40.2 Å². The molecule has 3 aromatic rings. The van der Waals surface area contributed by atoms with Gasteiger partial charge in [-0.15, -0.1) is 0 Å². The van der Waals surface area contributed by atoms with Crippen molar-refractivity contribution in [2.75, 3.05) is 11.9 Å². The van der Waals surface area contributed by atoms with Gasteiger partial charge >= 0.3 is 0 Å². The van der Waals surface area contributed by atoms with Crippen molar-refractivity contribution in [2.45, 2.75) is 6.42 Å². The van der Waals surface area contributed by atoms with Crippen molar-refractivity contribution in [3.8, 4) is 11.5 Å². The van der Waals surface area contributed by atoms with E-state index in [9.17, 15) is 10.2 Å². The van der Waals surface area contributed by atoms with Crippen LogP contribution in [0.3, 0.4) is 0 Å². The van der Waals surface area contributed by atoms with E-state index >= 15 is 0 Å². The van der Waals surface area contributed by atoms with Crippen molar-refractivity contribution in [1.29, 1.82) is 0 Å². The monoisotopic (exact) mass is 251 g/mol. The molecule has 1 aliphatic heterocycles. The van der Waals surface area contributed by atoms with Crippen molar-refractivity contribution in [1.82, 2.24) is 0 Å². The topological polar surface area (TPSA) is 52.5 Å². The number of hydrogen-bond donors (Lipinski definition) is 3. The van der Waals surface area contributed by atoms with Gasteiger partial charge in [-0.1, -0.05) is 24.3 Å². The van der Waals surface area contributed by atoms with Crippen molar-refractivity contribution >= 4 is 27.2 Å². The molecule has 3 aromatic carbocycles. The molecule has 3 N–H and O–H groups in total. The molecule has 0 radical (unpaired) electrons. The Kier molecular flexibility index (Phi) is 1.96. The molecule has 1 heterocycles. The van der Waals surface area contributed by atoms with Crippen LogP contribution < -0.4 is 5.32 Å². The number of aromatic hydroxyl groups is 2. The third kappa shape index (κ3) is 1.32. The lowest BCUT2D eigenvalue weighted by Gasteiger charge is -2.21. The van der Waals surface area contributed by atoms with Gasteiger partial charge in [-0.2, -0.15) is 0 Å². The summed E-state index contributed by atoms with van der Waals surface area (Å²) in [6.45, 7) is 0.932. The molecule has 0 atom stereocenters.